The molecule has 0 radical (unpaired) electrons. The average Bonchev–Trinajstić information content (AvgIpc) is 2.46. The number of carbonyl (C=O) groups excluding carboxylic acids is 2. The molecule has 0 aromatic heterocycles. The maximum Gasteiger partial charge on any atom is 0.170 e. The average molecular weight is 373 g/mol. The van der Waals surface area contributed by atoms with Gasteiger partial charge in [0.15, 0.2) is 11.6 Å². The van der Waals surface area contributed by atoms with E-state index in [1.54, 1.807) is 6.92 Å². The van der Waals surface area contributed by atoms with Crippen molar-refractivity contribution in [2.75, 3.05) is 5.33 Å². The molecule has 0 unspecified atom stereocenters. The molecular weight excluding hydrogens is 352 g/mol. The van der Waals surface area contributed by atoms with Gasteiger partial charge in [0.25, 0.3) is 0 Å². The summed E-state index contributed by atoms with van der Waals surface area (Å²) in [6, 6.07) is 0.931. The topological polar surface area (TPSA) is 94.8 Å². The normalized spacial score (nSPS) is 10.6. The number of phenolic OH excluding ortho intramolecular Hbond substituents is 3. The zero-order valence-corrected chi connectivity index (χ0v) is 14.1. The summed E-state index contributed by atoms with van der Waals surface area (Å²) in [5.41, 5.74) is -0.585. The van der Waals surface area contributed by atoms with Gasteiger partial charge in [0.05, 0.1) is 0 Å². The second kappa shape index (κ2) is 8.78. The highest BCUT2D eigenvalue weighted by atomic mass is 79.9. The SMILES string of the molecule is CCC(=O)c1c(O)cc(O)c(C(=O)CCCCCCBr)c1O. The van der Waals surface area contributed by atoms with Crippen LogP contribution in [-0.2, 0) is 0 Å². The molecule has 5 nitrogen and oxygen atoms in total. The number of aromatic hydroxyl groups is 3. The summed E-state index contributed by atoms with van der Waals surface area (Å²) < 4.78 is 0. The van der Waals surface area contributed by atoms with Gasteiger partial charge in [-0.1, -0.05) is 35.7 Å². The smallest absolute Gasteiger partial charge is 0.170 e. The standard InChI is InChI=1S/C16H21BrO5/c1-2-10(18)14-12(20)9-13(21)15(16(14)22)11(19)7-5-3-4-6-8-17/h9,20-22H,2-8H2,1H3. The number of carbonyl (C=O) groups is 2. The van der Waals surface area contributed by atoms with Crippen molar-refractivity contribution in [1.82, 2.24) is 0 Å². The molecule has 0 spiro atoms. The molecule has 1 aromatic rings. The van der Waals surface area contributed by atoms with E-state index in [1.807, 2.05) is 0 Å². The monoisotopic (exact) mass is 372 g/mol. The van der Waals surface area contributed by atoms with Crippen molar-refractivity contribution < 1.29 is 24.9 Å². The number of hydrogen-bond acceptors (Lipinski definition) is 5. The van der Waals surface area contributed by atoms with Gasteiger partial charge in [-0.3, -0.25) is 9.59 Å². The van der Waals surface area contributed by atoms with E-state index in [2.05, 4.69) is 15.9 Å². The minimum absolute atomic E-state index is 0.0755. The predicted octanol–water partition coefficient (Wildman–Crippen LogP) is 3.92. The Bertz CT molecular complexity index is 554. The Hall–Kier alpha value is -1.56. The van der Waals surface area contributed by atoms with Crippen molar-refractivity contribution in [2.24, 2.45) is 0 Å². The van der Waals surface area contributed by atoms with E-state index in [1.165, 1.54) is 0 Å². The Balaban J connectivity index is 2.94. The molecule has 0 saturated heterocycles. The molecule has 3 N–H and O–H groups in total. The first-order valence-corrected chi connectivity index (χ1v) is 8.46. The highest BCUT2D eigenvalue weighted by Gasteiger charge is 2.25. The Morgan fingerprint density at radius 1 is 0.955 bits per heavy atom. The Labute approximate surface area is 138 Å². The molecule has 6 heteroatoms. The second-order valence-corrected chi connectivity index (χ2v) is 5.86. The third kappa shape index (κ3) is 4.47. The number of phenols is 3. The summed E-state index contributed by atoms with van der Waals surface area (Å²) in [5, 5.41) is 30.5. The highest BCUT2D eigenvalue weighted by molar-refractivity contribution is 9.09. The van der Waals surface area contributed by atoms with Gasteiger partial charge in [0, 0.05) is 24.2 Å². The minimum atomic E-state index is -0.630. The van der Waals surface area contributed by atoms with Crippen LogP contribution in [0.5, 0.6) is 17.2 Å². The number of Topliss-reactive ketones (excluding diaryl/α,β-unsaturated/α-hetero) is 2. The number of rotatable bonds is 9. The lowest BCUT2D eigenvalue weighted by molar-refractivity contribution is 0.0973. The number of ketones is 2. The zero-order valence-electron chi connectivity index (χ0n) is 12.6. The van der Waals surface area contributed by atoms with Gasteiger partial charge in [-0.25, -0.2) is 0 Å². The summed E-state index contributed by atoms with van der Waals surface area (Å²) in [6.45, 7) is 1.58. The van der Waals surface area contributed by atoms with Gasteiger partial charge >= 0.3 is 0 Å². The lowest BCUT2D eigenvalue weighted by Crippen LogP contribution is -2.05. The third-order valence-corrected chi connectivity index (χ3v) is 3.99. The van der Waals surface area contributed by atoms with Crippen molar-refractivity contribution in [2.45, 2.75) is 45.4 Å². The van der Waals surface area contributed by atoms with Crippen molar-refractivity contribution in [3.63, 3.8) is 0 Å². The van der Waals surface area contributed by atoms with E-state index in [9.17, 15) is 24.9 Å². The molecule has 0 heterocycles. The van der Waals surface area contributed by atoms with Crippen LogP contribution >= 0.6 is 15.9 Å². The van der Waals surface area contributed by atoms with Crippen LogP contribution in [0.15, 0.2) is 6.07 Å². The molecule has 0 atom stereocenters. The fraction of sp³-hybridized carbons (Fsp3) is 0.500. The van der Waals surface area contributed by atoms with Gasteiger partial charge in [-0.05, 0) is 12.8 Å². The fourth-order valence-electron chi connectivity index (χ4n) is 2.23. The van der Waals surface area contributed by atoms with E-state index < -0.39 is 28.8 Å². The van der Waals surface area contributed by atoms with Crippen LogP contribution in [0.2, 0.25) is 0 Å². The summed E-state index contributed by atoms with van der Waals surface area (Å²) >= 11 is 3.33. The predicted molar refractivity (Wildman–Crippen MR) is 87.3 cm³/mol. The van der Waals surface area contributed by atoms with Crippen LogP contribution in [-0.4, -0.2) is 32.2 Å². The molecule has 1 rings (SSSR count). The Morgan fingerprint density at radius 3 is 2.05 bits per heavy atom. The van der Waals surface area contributed by atoms with Gasteiger partial charge in [0.1, 0.15) is 28.4 Å². The number of unbranched alkanes of at least 4 members (excludes halogenated alkanes) is 3. The molecule has 0 bridgehead atoms. The van der Waals surface area contributed by atoms with Crippen molar-refractivity contribution in [1.29, 1.82) is 0 Å². The first kappa shape index (κ1) is 18.5. The molecule has 122 valence electrons. The van der Waals surface area contributed by atoms with E-state index in [0.29, 0.717) is 6.42 Å². The van der Waals surface area contributed by atoms with Crippen LogP contribution in [0, 0.1) is 0 Å². The number of alkyl halides is 1. The number of halogens is 1. The summed E-state index contributed by atoms with van der Waals surface area (Å²) in [5.74, 6) is -2.57. The van der Waals surface area contributed by atoms with Crippen molar-refractivity contribution >= 4 is 27.5 Å². The highest BCUT2D eigenvalue weighted by Crippen LogP contribution is 2.39. The lowest BCUT2D eigenvalue weighted by Gasteiger charge is -2.12. The Kier molecular flexibility index (Phi) is 7.38. The summed E-state index contributed by atoms with van der Waals surface area (Å²) in [7, 11) is 0. The fourth-order valence-corrected chi connectivity index (χ4v) is 2.62. The Morgan fingerprint density at radius 2 is 1.50 bits per heavy atom. The first-order chi connectivity index (χ1) is 10.4. The van der Waals surface area contributed by atoms with E-state index >= 15 is 0 Å². The summed E-state index contributed by atoms with van der Waals surface area (Å²) in [4.78, 5) is 23.9. The molecule has 0 aliphatic carbocycles. The van der Waals surface area contributed by atoms with Crippen LogP contribution < -0.4 is 0 Å². The zero-order chi connectivity index (χ0) is 16.7. The summed E-state index contributed by atoms with van der Waals surface area (Å²) in [6.07, 6.45) is 3.78. The maximum absolute atomic E-state index is 12.2. The van der Waals surface area contributed by atoms with Crippen LogP contribution in [0.1, 0.15) is 66.2 Å². The van der Waals surface area contributed by atoms with Crippen LogP contribution in [0.25, 0.3) is 0 Å². The molecule has 0 saturated carbocycles. The van der Waals surface area contributed by atoms with Gasteiger partial charge in [-0.15, -0.1) is 0 Å². The molecule has 0 aliphatic heterocycles. The van der Waals surface area contributed by atoms with E-state index in [4.69, 9.17) is 0 Å². The molecule has 0 aliphatic rings. The lowest BCUT2D eigenvalue weighted by atomic mass is 9.96. The molecule has 0 fully saturated rings. The van der Waals surface area contributed by atoms with Gasteiger partial charge in [-0.2, -0.15) is 0 Å². The van der Waals surface area contributed by atoms with Gasteiger partial charge in [0.2, 0.25) is 0 Å². The largest absolute Gasteiger partial charge is 0.507 e. The van der Waals surface area contributed by atoms with Crippen LogP contribution in [0.4, 0.5) is 0 Å². The maximum atomic E-state index is 12.2. The number of hydrogen-bond donors (Lipinski definition) is 3. The third-order valence-electron chi connectivity index (χ3n) is 3.43. The molecular formula is C16H21BrO5. The minimum Gasteiger partial charge on any atom is -0.507 e. The quantitative estimate of drug-likeness (QED) is 0.346. The van der Waals surface area contributed by atoms with Crippen molar-refractivity contribution in [3.8, 4) is 17.2 Å². The van der Waals surface area contributed by atoms with Gasteiger partial charge < -0.3 is 15.3 Å². The van der Waals surface area contributed by atoms with Crippen molar-refractivity contribution in [3.05, 3.63) is 17.2 Å². The first-order valence-electron chi connectivity index (χ1n) is 7.34. The van der Waals surface area contributed by atoms with Crippen LogP contribution in [0.3, 0.4) is 0 Å². The molecule has 22 heavy (non-hydrogen) atoms. The molecule has 0 amide bonds. The molecule has 1 aromatic carbocycles. The van der Waals surface area contributed by atoms with E-state index in [-0.39, 0.29) is 24.0 Å². The number of benzene rings is 1. The van der Waals surface area contributed by atoms with E-state index in [0.717, 1.165) is 30.7 Å². The second-order valence-electron chi connectivity index (χ2n) is 5.07.